The molecule has 1 atom stereocenters. The Morgan fingerprint density at radius 1 is 1.03 bits per heavy atom. The molecule has 0 fully saturated rings. The van der Waals surface area contributed by atoms with E-state index in [1.165, 1.54) is 31.6 Å². The van der Waals surface area contributed by atoms with Crippen LogP contribution in [0.1, 0.15) is 63.9 Å². The Kier molecular flexibility index (Phi) is 6.98. The number of anilines is 1. The number of esters is 2. The van der Waals surface area contributed by atoms with Crippen LogP contribution >= 0.6 is 11.3 Å². The van der Waals surface area contributed by atoms with Gasteiger partial charge >= 0.3 is 11.9 Å². The number of hydrogen-bond acceptors (Lipinski definition) is 8. The second-order valence-electron chi connectivity index (χ2n) is 7.89. The molecule has 0 saturated heterocycles. The molecule has 33 heavy (non-hydrogen) atoms. The van der Waals surface area contributed by atoms with Gasteiger partial charge in [0.25, 0.3) is 5.91 Å². The molecule has 0 spiro atoms. The Hall–Kier alpha value is -3.33. The van der Waals surface area contributed by atoms with E-state index in [0.29, 0.717) is 21.6 Å². The van der Waals surface area contributed by atoms with Gasteiger partial charge in [0, 0.05) is 4.88 Å². The summed E-state index contributed by atoms with van der Waals surface area (Å²) >= 11 is 1.40. The maximum atomic E-state index is 12.8. The van der Waals surface area contributed by atoms with Crippen molar-refractivity contribution in [3.05, 3.63) is 52.2 Å². The predicted octanol–water partition coefficient (Wildman–Crippen LogP) is 4.32. The molecule has 1 N–H and O–H groups in total. The molecule has 0 bridgehead atoms. The average molecular weight is 468 g/mol. The number of nitrogens with one attached hydrogen (secondary N) is 1. The monoisotopic (exact) mass is 467 g/mol. The van der Waals surface area contributed by atoms with Crippen LogP contribution in [-0.2, 0) is 27.1 Å². The SMILES string of the molecule is COC(=O)c1c(NC(=O)C(C)OC(=O)c2cnc3ccccc3n2)sc2c1CCCCCC2. The van der Waals surface area contributed by atoms with E-state index in [2.05, 4.69) is 15.3 Å². The number of ether oxygens (including phenoxy) is 2. The lowest BCUT2D eigenvalue weighted by molar-refractivity contribution is -0.123. The molecule has 2 heterocycles. The highest BCUT2D eigenvalue weighted by molar-refractivity contribution is 7.17. The number of methoxy groups -OCH3 is 1. The van der Waals surface area contributed by atoms with E-state index in [0.717, 1.165) is 49.0 Å². The molecule has 4 rings (SSSR count). The molecule has 1 aliphatic rings. The minimum absolute atomic E-state index is 0.0164. The third-order valence-electron chi connectivity index (χ3n) is 5.61. The summed E-state index contributed by atoms with van der Waals surface area (Å²) < 4.78 is 10.3. The number of carbonyl (C=O) groups excluding carboxylic acids is 3. The zero-order chi connectivity index (χ0) is 23.4. The molecule has 0 aliphatic heterocycles. The summed E-state index contributed by atoms with van der Waals surface area (Å²) in [5.74, 6) is -1.75. The summed E-state index contributed by atoms with van der Waals surface area (Å²) in [6, 6.07) is 7.16. The number of para-hydroxylation sites is 2. The molecular formula is C24H25N3O5S. The number of amides is 1. The molecular weight excluding hydrogens is 442 g/mol. The fourth-order valence-electron chi connectivity index (χ4n) is 3.87. The van der Waals surface area contributed by atoms with Crippen LogP contribution in [0.5, 0.6) is 0 Å². The fourth-order valence-corrected chi connectivity index (χ4v) is 5.15. The van der Waals surface area contributed by atoms with Gasteiger partial charge in [0.2, 0.25) is 0 Å². The maximum Gasteiger partial charge on any atom is 0.359 e. The number of aryl methyl sites for hydroxylation is 1. The zero-order valence-electron chi connectivity index (χ0n) is 18.6. The number of aromatic nitrogens is 2. The molecule has 2 aromatic heterocycles. The van der Waals surface area contributed by atoms with Crippen molar-refractivity contribution in [2.45, 2.75) is 51.6 Å². The first kappa shape index (κ1) is 22.8. The van der Waals surface area contributed by atoms with Crippen molar-refractivity contribution < 1.29 is 23.9 Å². The minimum Gasteiger partial charge on any atom is -0.465 e. The van der Waals surface area contributed by atoms with Gasteiger partial charge in [-0.25, -0.2) is 14.6 Å². The van der Waals surface area contributed by atoms with Crippen LogP contribution in [0, 0.1) is 0 Å². The topological polar surface area (TPSA) is 107 Å². The Morgan fingerprint density at radius 2 is 1.76 bits per heavy atom. The number of carbonyl (C=O) groups is 3. The van der Waals surface area contributed by atoms with Gasteiger partial charge in [0.1, 0.15) is 5.00 Å². The molecule has 0 radical (unpaired) electrons. The average Bonchev–Trinajstić information content (AvgIpc) is 3.13. The Bertz CT molecular complexity index is 1210. The summed E-state index contributed by atoms with van der Waals surface area (Å²) in [7, 11) is 1.33. The van der Waals surface area contributed by atoms with Gasteiger partial charge < -0.3 is 14.8 Å². The van der Waals surface area contributed by atoms with Crippen molar-refractivity contribution in [2.24, 2.45) is 0 Å². The first-order valence-electron chi connectivity index (χ1n) is 10.9. The van der Waals surface area contributed by atoms with Gasteiger partial charge in [-0.1, -0.05) is 25.0 Å². The van der Waals surface area contributed by atoms with Gasteiger partial charge in [-0.05, 0) is 50.3 Å². The van der Waals surface area contributed by atoms with E-state index < -0.39 is 23.9 Å². The van der Waals surface area contributed by atoms with E-state index in [4.69, 9.17) is 9.47 Å². The van der Waals surface area contributed by atoms with Crippen LogP contribution in [0.4, 0.5) is 5.00 Å². The summed E-state index contributed by atoms with van der Waals surface area (Å²) in [6.45, 7) is 1.48. The molecule has 3 aromatic rings. The molecule has 1 amide bonds. The van der Waals surface area contributed by atoms with Crippen molar-refractivity contribution >= 4 is 45.2 Å². The van der Waals surface area contributed by atoms with Crippen molar-refractivity contribution in [1.82, 2.24) is 9.97 Å². The lowest BCUT2D eigenvalue weighted by Crippen LogP contribution is -2.30. The van der Waals surface area contributed by atoms with E-state index in [1.54, 1.807) is 18.2 Å². The Labute approximate surface area is 195 Å². The van der Waals surface area contributed by atoms with Gasteiger partial charge in [-0.3, -0.25) is 9.78 Å². The molecule has 9 heteroatoms. The molecule has 0 saturated carbocycles. The third kappa shape index (κ3) is 5.03. The highest BCUT2D eigenvalue weighted by Crippen LogP contribution is 2.37. The second-order valence-corrected chi connectivity index (χ2v) is 9.00. The lowest BCUT2D eigenvalue weighted by atomic mass is 9.96. The largest absolute Gasteiger partial charge is 0.465 e. The van der Waals surface area contributed by atoms with Crippen LogP contribution < -0.4 is 5.32 Å². The predicted molar refractivity (Wildman–Crippen MR) is 125 cm³/mol. The first-order valence-corrected chi connectivity index (χ1v) is 11.8. The van der Waals surface area contributed by atoms with Crippen molar-refractivity contribution in [3.8, 4) is 0 Å². The first-order chi connectivity index (χ1) is 16.0. The van der Waals surface area contributed by atoms with Crippen LogP contribution in [-0.4, -0.2) is 41.0 Å². The summed E-state index contributed by atoms with van der Waals surface area (Å²) in [4.78, 5) is 47.4. The minimum atomic E-state index is -1.10. The van der Waals surface area contributed by atoms with Gasteiger partial charge in [-0.2, -0.15) is 0 Å². The van der Waals surface area contributed by atoms with Crippen molar-refractivity contribution in [2.75, 3.05) is 12.4 Å². The van der Waals surface area contributed by atoms with Crippen LogP contribution in [0.2, 0.25) is 0 Å². The third-order valence-corrected chi connectivity index (χ3v) is 6.82. The molecule has 1 aliphatic carbocycles. The maximum absolute atomic E-state index is 12.8. The highest BCUT2D eigenvalue weighted by atomic mass is 32.1. The van der Waals surface area contributed by atoms with Gasteiger partial charge in [0.05, 0.1) is 29.9 Å². The number of fused-ring (bicyclic) bond motifs is 2. The highest BCUT2D eigenvalue weighted by Gasteiger charge is 2.28. The Balaban J connectivity index is 1.50. The standard InChI is InChI=1S/C24H25N3O5S/c1-14(32-23(29)18-13-25-16-10-7-8-11-17(16)26-18)21(28)27-22-20(24(30)31-2)15-9-5-3-4-6-12-19(15)33-22/h7-8,10-11,13-14H,3-6,9,12H2,1-2H3,(H,27,28). The van der Waals surface area contributed by atoms with Gasteiger partial charge in [0.15, 0.2) is 11.8 Å². The van der Waals surface area contributed by atoms with Gasteiger partial charge in [-0.15, -0.1) is 11.3 Å². The molecule has 172 valence electrons. The molecule has 1 aromatic carbocycles. The molecule has 8 nitrogen and oxygen atoms in total. The second kappa shape index (κ2) is 10.1. The van der Waals surface area contributed by atoms with Crippen LogP contribution in [0.3, 0.4) is 0 Å². The number of rotatable bonds is 5. The summed E-state index contributed by atoms with van der Waals surface area (Å²) in [5.41, 5.74) is 2.60. The lowest BCUT2D eigenvalue weighted by Gasteiger charge is -2.14. The van der Waals surface area contributed by atoms with Crippen LogP contribution in [0.25, 0.3) is 11.0 Å². The number of thiophene rings is 1. The smallest absolute Gasteiger partial charge is 0.359 e. The Morgan fingerprint density at radius 3 is 2.52 bits per heavy atom. The number of benzene rings is 1. The van der Waals surface area contributed by atoms with E-state index >= 15 is 0 Å². The molecule has 1 unspecified atom stereocenters. The van der Waals surface area contributed by atoms with Crippen LogP contribution in [0.15, 0.2) is 30.5 Å². The van der Waals surface area contributed by atoms with Crippen molar-refractivity contribution in [3.63, 3.8) is 0 Å². The number of hydrogen-bond donors (Lipinski definition) is 1. The van der Waals surface area contributed by atoms with E-state index in [-0.39, 0.29) is 5.69 Å². The quantitative estimate of drug-likeness (QED) is 0.557. The zero-order valence-corrected chi connectivity index (χ0v) is 19.4. The van der Waals surface area contributed by atoms with E-state index in [1.807, 2.05) is 6.07 Å². The van der Waals surface area contributed by atoms with Crippen molar-refractivity contribution in [1.29, 1.82) is 0 Å². The summed E-state index contributed by atoms with van der Waals surface area (Å²) in [5, 5.41) is 3.21. The number of nitrogens with zero attached hydrogens (tertiary/aromatic N) is 2. The normalized spacial score (nSPS) is 14.5. The fraction of sp³-hybridized carbons (Fsp3) is 0.375. The van der Waals surface area contributed by atoms with E-state index in [9.17, 15) is 14.4 Å². The summed E-state index contributed by atoms with van der Waals surface area (Å²) in [6.07, 6.45) is 6.16.